The molecule has 2 saturated heterocycles. The topological polar surface area (TPSA) is 21.7 Å². The van der Waals surface area contributed by atoms with Crippen LogP contribution in [-0.4, -0.2) is 43.9 Å². The number of benzene rings is 1. The summed E-state index contributed by atoms with van der Waals surface area (Å²) in [7, 11) is 0. The highest BCUT2D eigenvalue weighted by molar-refractivity contribution is 5.24. The van der Waals surface area contributed by atoms with Gasteiger partial charge in [-0.05, 0) is 24.5 Å². The quantitative estimate of drug-likeness (QED) is 0.816. The van der Waals surface area contributed by atoms with Gasteiger partial charge in [0.2, 0.25) is 0 Å². The lowest BCUT2D eigenvalue weighted by Gasteiger charge is -2.40. The Balaban J connectivity index is 1.43. The van der Waals surface area contributed by atoms with Crippen LogP contribution in [0.25, 0.3) is 0 Å². The highest BCUT2D eigenvalue weighted by Gasteiger charge is 2.31. The molecule has 1 atom stereocenters. The molecule has 2 aliphatic rings. The standard InChI is InChI=1S/C14H18FNO2/c15-13-3-1-2-4-14(13)18-12-8-16(9-12)7-11-5-6-17-10-11/h1-4,11-12H,5-10H2/t11-/m1/s1. The fourth-order valence-electron chi connectivity index (χ4n) is 2.56. The summed E-state index contributed by atoms with van der Waals surface area (Å²) in [5.74, 6) is 0.755. The molecular weight excluding hydrogens is 233 g/mol. The van der Waals surface area contributed by atoms with Crippen LogP contribution in [-0.2, 0) is 4.74 Å². The first-order chi connectivity index (χ1) is 8.81. The van der Waals surface area contributed by atoms with Crippen molar-refractivity contribution in [2.24, 2.45) is 5.92 Å². The van der Waals surface area contributed by atoms with E-state index >= 15 is 0 Å². The molecule has 0 saturated carbocycles. The molecule has 98 valence electrons. The molecule has 1 aromatic carbocycles. The molecule has 3 rings (SSSR count). The Bertz CT molecular complexity index is 401. The molecule has 0 bridgehead atoms. The third-order valence-electron chi connectivity index (χ3n) is 3.59. The van der Waals surface area contributed by atoms with E-state index in [0.29, 0.717) is 11.7 Å². The number of nitrogens with zero attached hydrogens (tertiary/aromatic N) is 1. The summed E-state index contributed by atoms with van der Waals surface area (Å²) in [6.07, 6.45) is 1.29. The van der Waals surface area contributed by atoms with Crippen molar-refractivity contribution in [3.05, 3.63) is 30.1 Å². The molecule has 0 amide bonds. The maximum atomic E-state index is 13.4. The second-order valence-corrected chi connectivity index (χ2v) is 5.12. The highest BCUT2D eigenvalue weighted by atomic mass is 19.1. The van der Waals surface area contributed by atoms with Crippen LogP contribution in [0.5, 0.6) is 5.75 Å². The van der Waals surface area contributed by atoms with Gasteiger partial charge in [0.15, 0.2) is 11.6 Å². The van der Waals surface area contributed by atoms with E-state index in [1.165, 1.54) is 6.07 Å². The number of ether oxygens (including phenoxy) is 2. The number of hydrogen-bond donors (Lipinski definition) is 0. The zero-order valence-corrected chi connectivity index (χ0v) is 10.3. The van der Waals surface area contributed by atoms with Gasteiger partial charge >= 0.3 is 0 Å². The molecule has 0 N–H and O–H groups in total. The molecule has 3 nitrogen and oxygen atoms in total. The van der Waals surface area contributed by atoms with Gasteiger partial charge in [0.25, 0.3) is 0 Å². The lowest BCUT2D eigenvalue weighted by Crippen LogP contribution is -2.55. The minimum atomic E-state index is -0.278. The maximum Gasteiger partial charge on any atom is 0.165 e. The van der Waals surface area contributed by atoms with Crippen LogP contribution in [0.4, 0.5) is 4.39 Å². The molecule has 0 aliphatic carbocycles. The largest absolute Gasteiger partial charge is 0.485 e. The number of rotatable bonds is 4. The number of hydrogen-bond acceptors (Lipinski definition) is 3. The predicted molar refractivity (Wildman–Crippen MR) is 66.2 cm³/mol. The minimum Gasteiger partial charge on any atom is -0.485 e. The Morgan fingerprint density at radius 2 is 2.17 bits per heavy atom. The lowest BCUT2D eigenvalue weighted by molar-refractivity contribution is 0.00711. The Labute approximate surface area is 106 Å². The number of halogens is 1. The van der Waals surface area contributed by atoms with E-state index in [9.17, 15) is 4.39 Å². The van der Waals surface area contributed by atoms with E-state index in [1.807, 2.05) is 0 Å². The van der Waals surface area contributed by atoms with Gasteiger partial charge in [0, 0.05) is 26.2 Å². The van der Waals surface area contributed by atoms with Crippen LogP contribution >= 0.6 is 0 Å². The predicted octanol–water partition coefficient (Wildman–Crippen LogP) is 1.93. The number of para-hydroxylation sites is 1. The van der Waals surface area contributed by atoms with E-state index in [4.69, 9.17) is 9.47 Å². The van der Waals surface area contributed by atoms with Gasteiger partial charge in [-0.15, -0.1) is 0 Å². The van der Waals surface area contributed by atoms with Crippen molar-refractivity contribution in [3.8, 4) is 5.75 Å². The van der Waals surface area contributed by atoms with Crippen LogP contribution in [0.1, 0.15) is 6.42 Å². The molecule has 0 aromatic heterocycles. The maximum absolute atomic E-state index is 13.4. The Morgan fingerprint density at radius 3 is 2.89 bits per heavy atom. The van der Waals surface area contributed by atoms with Crippen LogP contribution in [0.3, 0.4) is 0 Å². The van der Waals surface area contributed by atoms with Crippen molar-refractivity contribution in [3.63, 3.8) is 0 Å². The van der Waals surface area contributed by atoms with E-state index < -0.39 is 0 Å². The van der Waals surface area contributed by atoms with E-state index in [2.05, 4.69) is 4.90 Å². The summed E-state index contributed by atoms with van der Waals surface area (Å²) >= 11 is 0. The van der Waals surface area contributed by atoms with Crippen molar-refractivity contribution >= 4 is 0 Å². The normalized spacial score (nSPS) is 25.1. The van der Waals surface area contributed by atoms with Crippen molar-refractivity contribution < 1.29 is 13.9 Å². The summed E-state index contributed by atoms with van der Waals surface area (Å²) in [5.41, 5.74) is 0. The molecule has 1 aromatic rings. The van der Waals surface area contributed by atoms with Crippen molar-refractivity contribution in [2.45, 2.75) is 12.5 Å². The third kappa shape index (κ3) is 2.65. The fraction of sp³-hybridized carbons (Fsp3) is 0.571. The van der Waals surface area contributed by atoms with Crippen molar-refractivity contribution in [2.75, 3.05) is 32.8 Å². The SMILES string of the molecule is Fc1ccccc1OC1CN(C[C@H]2CCOC2)C1. The van der Waals surface area contributed by atoms with Gasteiger partial charge in [0.1, 0.15) is 6.10 Å². The summed E-state index contributed by atoms with van der Waals surface area (Å²) in [6.45, 7) is 4.65. The van der Waals surface area contributed by atoms with Crippen LogP contribution < -0.4 is 4.74 Å². The van der Waals surface area contributed by atoms with Gasteiger partial charge in [-0.25, -0.2) is 4.39 Å². The molecule has 2 fully saturated rings. The zero-order valence-electron chi connectivity index (χ0n) is 10.3. The second-order valence-electron chi connectivity index (χ2n) is 5.12. The van der Waals surface area contributed by atoms with E-state index in [1.54, 1.807) is 18.2 Å². The van der Waals surface area contributed by atoms with E-state index in [-0.39, 0.29) is 11.9 Å². The van der Waals surface area contributed by atoms with Gasteiger partial charge in [-0.1, -0.05) is 12.1 Å². The average Bonchev–Trinajstić information content (AvgIpc) is 2.81. The average molecular weight is 251 g/mol. The second kappa shape index (κ2) is 5.24. The highest BCUT2D eigenvalue weighted by Crippen LogP contribution is 2.23. The first-order valence-electron chi connectivity index (χ1n) is 6.52. The van der Waals surface area contributed by atoms with Crippen molar-refractivity contribution in [1.82, 2.24) is 4.90 Å². The van der Waals surface area contributed by atoms with Crippen LogP contribution in [0, 0.1) is 11.7 Å². The van der Waals surface area contributed by atoms with Gasteiger partial charge in [0.05, 0.1) is 6.61 Å². The summed E-state index contributed by atoms with van der Waals surface area (Å²) in [6, 6.07) is 6.59. The Morgan fingerprint density at radius 1 is 1.33 bits per heavy atom. The number of likely N-dealkylation sites (tertiary alicyclic amines) is 1. The van der Waals surface area contributed by atoms with Crippen molar-refractivity contribution in [1.29, 1.82) is 0 Å². The monoisotopic (exact) mass is 251 g/mol. The van der Waals surface area contributed by atoms with Gasteiger partial charge in [-0.3, -0.25) is 4.90 Å². The van der Waals surface area contributed by atoms with Gasteiger partial charge in [-0.2, -0.15) is 0 Å². The third-order valence-corrected chi connectivity index (χ3v) is 3.59. The summed E-state index contributed by atoms with van der Waals surface area (Å²) in [5, 5.41) is 0. The molecule has 18 heavy (non-hydrogen) atoms. The Hall–Kier alpha value is -1.13. The molecule has 0 spiro atoms. The van der Waals surface area contributed by atoms with Gasteiger partial charge < -0.3 is 9.47 Å². The van der Waals surface area contributed by atoms with Crippen LogP contribution in [0.15, 0.2) is 24.3 Å². The molecule has 2 aliphatic heterocycles. The summed E-state index contributed by atoms with van der Waals surface area (Å²) < 4.78 is 24.4. The van der Waals surface area contributed by atoms with Crippen LogP contribution in [0.2, 0.25) is 0 Å². The molecule has 0 radical (unpaired) electrons. The molecular formula is C14H18FNO2. The smallest absolute Gasteiger partial charge is 0.165 e. The lowest BCUT2D eigenvalue weighted by atomic mass is 10.0. The van der Waals surface area contributed by atoms with E-state index in [0.717, 1.165) is 39.3 Å². The minimum absolute atomic E-state index is 0.129. The molecule has 4 heteroatoms. The Kier molecular flexibility index (Phi) is 3.48. The molecule has 2 heterocycles. The first-order valence-corrected chi connectivity index (χ1v) is 6.52. The fourth-order valence-corrected chi connectivity index (χ4v) is 2.56. The summed E-state index contributed by atoms with van der Waals surface area (Å²) in [4.78, 5) is 2.35. The zero-order chi connectivity index (χ0) is 12.4. The molecule has 0 unspecified atom stereocenters. The first kappa shape index (κ1) is 11.9.